The highest BCUT2D eigenvalue weighted by Gasteiger charge is 2.29. The Morgan fingerprint density at radius 3 is 2.54 bits per heavy atom. The number of hydrogen-bond acceptors (Lipinski definition) is 3. The third kappa shape index (κ3) is 2.22. The van der Waals surface area contributed by atoms with Crippen LogP contribution in [0, 0.1) is 5.92 Å². The Hall–Kier alpha value is -0.120. The van der Waals surface area contributed by atoms with Crippen molar-refractivity contribution in [3.05, 3.63) is 0 Å². The Morgan fingerprint density at radius 1 is 1.08 bits per heavy atom. The van der Waals surface area contributed by atoms with Gasteiger partial charge in [-0.25, -0.2) is 0 Å². The fourth-order valence-electron chi connectivity index (χ4n) is 2.65. The second-order valence-corrected chi connectivity index (χ2v) is 4.31. The molecule has 3 nitrogen and oxygen atoms in total. The van der Waals surface area contributed by atoms with E-state index in [0.29, 0.717) is 6.04 Å². The molecule has 3 heteroatoms. The maximum Gasteiger partial charge on any atom is 0.0379 e. The van der Waals surface area contributed by atoms with E-state index < -0.39 is 0 Å². The number of hydrogen-bond donors (Lipinski definition) is 2. The van der Waals surface area contributed by atoms with Gasteiger partial charge in [0.25, 0.3) is 0 Å². The molecule has 2 aliphatic heterocycles. The zero-order valence-corrected chi connectivity index (χ0v) is 8.21. The summed E-state index contributed by atoms with van der Waals surface area (Å²) in [5.41, 5.74) is 0. The minimum Gasteiger partial charge on any atom is -0.317 e. The van der Waals surface area contributed by atoms with Crippen molar-refractivity contribution in [2.45, 2.75) is 38.1 Å². The first-order valence-corrected chi connectivity index (χ1v) is 5.54. The van der Waals surface area contributed by atoms with Crippen molar-refractivity contribution in [1.82, 2.24) is 10.4 Å². The fourth-order valence-corrected chi connectivity index (χ4v) is 2.65. The van der Waals surface area contributed by atoms with Gasteiger partial charge in [0.2, 0.25) is 0 Å². The van der Waals surface area contributed by atoms with Gasteiger partial charge in [-0.05, 0) is 44.7 Å². The summed E-state index contributed by atoms with van der Waals surface area (Å²) in [6.45, 7) is 3.15. The molecule has 76 valence electrons. The van der Waals surface area contributed by atoms with Crippen LogP contribution >= 0.6 is 0 Å². The van der Waals surface area contributed by atoms with Crippen LogP contribution in [0.1, 0.15) is 32.1 Å². The van der Waals surface area contributed by atoms with E-state index in [9.17, 15) is 5.21 Å². The van der Waals surface area contributed by atoms with E-state index in [2.05, 4.69) is 5.32 Å². The van der Waals surface area contributed by atoms with Crippen molar-refractivity contribution >= 4 is 0 Å². The zero-order valence-electron chi connectivity index (χ0n) is 8.21. The van der Waals surface area contributed by atoms with Crippen molar-refractivity contribution in [3.63, 3.8) is 0 Å². The first-order valence-electron chi connectivity index (χ1n) is 5.54. The molecule has 2 aliphatic rings. The molecule has 0 radical (unpaired) electrons. The van der Waals surface area contributed by atoms with Gasteiger partial charge < -0.3 is 10.5 Å². The van der Waals surface area contributed by atoms with Gasteiger partial charge in [0, 0.05) is 12.6 Å². The summed E-state index contributed by atoms with van der Waals surface area (Å²) < 4.78 is 0. The average molecular weight is 184 g/mol. The van der Waals surface area contributed by atoms with Gasteiger partial charge in [0.1, 0.15) is 0 Å². The molecule has 2 heterocycles. The van der Waals surface area contributed by atoms with Gasteiger partial charge >= 0.3 is 0 Å². The van der Waals surface area contributed by atoms with Crippen LogP contribution in [0.25, 0.3) is 0 Å². The van der Waals surface area contributed by atoms with Gasteiger partial charge in [-0.1, -0.05) is 6.42 Å². The molecule has 13 heavy (non-hydrogen) atoms. The number of nitrogens with zero attached hydrogens (tertiary/aromatic N) is 1. The predicted octanol–water partition coefficient (Wildman–Crippen LogP) is 1.23. The molecule has 0 aromatic rings. The lowest BCUT2D eigenvalue weighted by atomic mass is 9.85. The highest BCUT2D eigenvalue weighted by molar-refractivity contribution is 4.82. The van der Waals surface area contributed by atoms with E-state index in [0.717, 1.165) is 32.0 Å². The molecular formula is C10H20N2O. The SMILES string of the molecule is ON1CCCCC1C1CCNCC1. The molecule has 2 saturated heterocycles. The van der Waals surface area contributed by atoms with Crippen LogP contribution < -0.4 is 5.32 Å². The minimum atomic E-state index is 0.454. The Morgan fingerprint density at radius 2 is 1.85 bits per heavy atom. The Labute approximate surface area is 80.1 Å². The average Bonchev–Trinajstić information content (AvgIpc) is 2.20. The normalized spacial score (nSPS) is 33.5. The highest BCUT2D eigenvalue weighted by Crippen LogP contribution is 2.27. The second kappa shape index (κ2) is 4.40. The number of rotatable bonds is 1. The predicted molar refractivity (Wildman–Crippen MR) is 51.7 cm³/mol. The summed E-state index contributed by atoms with van der Waals surface area (Å²) in [5, 5.41) is 14.7. The largest absolute Gasteiger partial charge is 0.317 e. The maximum atomic E-state index is 9.73. The molecule has 2 rings (SSSR count). The monoisotopic (exact) mass is 184 g/mol. The molecule has 0 spiro atoms. The fraction of sp³-hybridized carbons (Fsp3) is 1.00. The van der Waals surface area contributed by atoms with Crippen molar-refractivity contribution in [2.75, 3.05) is 19.6 Å². The van der Waals surface area contributed by atoms with Crippen molar-refractivity contribution in [2.24, 2.45) is 5.92 Å². The summed E-state index contributed by atoms with van der Waals surface area (Å²) in [5.74, 6) is 0.728. The molecule has 0 saturated carbocycles. The molecule has 2 N–H and O–H groups in total. The smallest absolute Gasteiger partial charge is 0.0379 e. The summed E-state index contributed by atoms with van der Waals surface area (Å²) in [7, 11) is 0. The number of piperidine rings is 2. The summed E-state index contributed by atoms with van der Waals surface area (Å²) in [4.78, 5) is 0. The molecule has 0 aromatic carbocycles. The van der Waals surface area contributed by atoms with Crippen LogP contribution in [0.15, 0.2) is 0 Å². The van der Waals surface area contributed by atoms with Crippen LogP contribution in [-0.2, 0) is 0 Å². The molecule has 0 aliphatic carbocycles. The van der Waals surface area contributed by atoms with Crippen LogP contribution in [0.3, 0.4) is 0 Å². The topological polar surface area (TPSA) is 35.5 Å². The molecule has 1 atom stereocenters. The molecule has 1 unspecified atom stereocenters. The van der Waals surface area contributed by atoms with Crippen LogP contribution in [0.5, 0.6) is 0 Å². The van der Waals surface area contributed by atoms with Gasteiger partial charge in [-0.15, -0.1) is 0 Å². The number of nitrogens with one attached hydrogen (secondary N) is 1. The van der Waals surface area contributed by atoms with Crippen LogP contribution in [-0.4, -0.2) is 35.9 Å². The third-order valence-corrected chi connectivity index (χ3v) is 3.45. The van der Waals surface area contributed by atoms with E-state index in [-0.39, 0.29) is 0 Å². The molecule has 2 fully saturated rings. The lowest BCUT2D eigenvalue weighted by molar-refractivity contribution is -0.159. The highest BCUT2D eigenvalue weighted by atomic mass is 16.5. The first kappa shape index (κ1) is 9.44. The van der Waals surface area contributed by atoms with Crippen LogP contribution in [0.4, 0.5) is 0 Å². The van der Waals surface area contributed by atoms with E-state index in [1.165, 1.54) is 25.7 Å². The minimum absolute atomic E-state index is 0.454. The third-order valence-electron chi connectivity index (χ3n) is 3.45. The lowest BCUT2D eigenvalue weighted by Crippen LogP contribution is -2.45. The van der Waals surface area contributed by atoms with E-state index >= 15 is 0 Å². The molecule has 0 aromatic heterocycles. The maximum absolute atomic E-state index is 9.73. The zero-order chi connectivity index (χ0) is 9.10. The second-order valence-electron chi connectivity index (χ2n) is 4.31. The number of hydroxylamine groups is 2. The quantitative estimate of drug-likeness (QED) is 0.643. The molecule has 0 bridgehead atoms. The van der Waals surface area contributed by atoms with E-state index in [4.69, 9.17) is 0 Å². The first-order chi connectivity index (χ1) is 6.38. The van der Waals surface area contributed by atoms with Gasteiger partial charge in [0.15, 0.2) is 0 Å². The van der Waals surface area contributed by atoms with Crippen LogP contribution in [0.2, 0.25) is 0 Å². The Balaban J connectivity index is 1.88. The van der Waals surface area contributed by atoms with E-state index in [1.807, 2.05) is 0 Å². The van der Waals surface area contributed by atoms with E-state index in [1.54, 1.807) is 5.06 Å². The van der Waals surface area contributed by atoms with Crippen molar-refractivity contribution in [1.29, 1.82) is 0 Å². The molecular weight excluding hydrogens is 164 g/mol. The summed E-state index contributed by atoms with van der Waals surface area (Å²) in [6, 6.07) is 0.454. The summed E-state index contributed by atoms with van der Waals surface area (Å²) >= 11 is 0. The van der Waals surface area contributed by atoms with Crippen molar-refractivity contribution in [3.8, 4) is 0 Å². The Kier molecular flexibility index (Phi) is 3.19. The van der Waals surface area contributed by atoms with Gasteiger partial charge in [0.05, 0.1) is 0 Å². The van der Waals surface area contributed by atoms with Crippen molar-refractivity contribution < 1.29 is 5.21 Å². The lowest BCUT2D eigenvalue weighted by Gasteiger charge is -2.38. The standard InChI is InChI=1S/C10H20N2O/c13-12-8-2-1-3-10(12)9-4-6-11-7-5-9/h9-11,13H,1-8H2. The van der Waals surface area contributed by atoms with Gasteiger partial charge in [-0.3, -0.25) is 0 Å². The summed E-state index contributed by atoms with van der Waals surface area (Å²) in [6.07, 6.45) is 6.13. The van der Waals surface area contributed by atoms with Gasteiger partial charge in [-0.2, -0.15) is 5.06 Å². The molecule has 0 amide bonds. The Bertz CT molecular complexity index is 157.